The summed E-state index contributed by atoms with van der Waals surface area (Å²) in [4.78, 5) is 37.2. The maximum atomic E-state index is 12.5. The van der Waals surface area contributed by atoms with Gasteiger partial charge in [-0.3, -0.25) is 14.5 Å². The summed E-state index contributed by atoms with van der Waals surface area (Å²) < 4.78 is 0. The minimum atomic E-state index is -0.612. The minimum Gasteiger partial charge on any atom is -0.303 e. The van der Waals surface area contributed by atoms with Gasteiger partial charge < -0.3 is 4.79 Å². The fraction of sp³-hybridized carbons (Fsp3) is 0.812. The first-order valence-corrected chi connectivity index (χ1v) is 7.48. The van der Waals surface area contributed by atoms with Crippen molar-refractivity contribution in [1.29, 1.82) is 0 Å². The topological polar surface area (TPSA) is 54.5 Å². The Morgan fingerprint density at radius 3 is 2.35 bits per heavy atom. The van der Waals surface area contributed by atoms with Crippen LogP contribution in [-0.2, 0) is 14.4 Å². The summed E-state index contributed by atoms with van der Waals surface area (Å²) in [6.07, 6.45) is 4.49. The molecule has 0 bridgehead atoms. The Morgan fingerprint density at radius 1 is 1.25 bits per heavy atom. The number of carbonyl (C=O) groups is 3. The molecule has 1 unspecified atom stereocenters. The molecular formula is C16H27NO3. The molecule has 0 aromatic rings. The van der Waals surface area contributed by atoms with Gasteiger partial charge in [-0.2, -0.15) is 0 Å². The molecule has 0 N–H and O–H groups in total. The second-order valence-corrected chi connectivity index (χ2v) is 7.21. The highest BCUT2D eigenvalue weighted by atomic mass is 16.2. The van der Waals surface area contributed by atoms with Gasteiger partial charge in [-0.1, -0.05) is 33.6 Å². The Bertz CT molecular complexity index is 399. The highest BCUT2D eigenvalue weighted by Crippen LogP contribution is 2.36. The van der Waals surface area contributed by atoms with E-state index in [9.17, 15) is 14.4 Å². The van der Waals surface area contributed by atoms with Crippen LogP contribution in [0.1, 0.15) is 66.7 Å². The number of unbranched alkanes of at least 4 members (excludes halogenated alkanes) is 1. The van der Waals surface area contributed by atoms with Crippen LogP contribution in [0.2, 0.25) is 0 Å². The SMILES string of the molecule is CCCCC1CC(=O)N(C(C)(C)CC(C)(C)C=O)C1=O. The van der Waals surface area contributed by atoms with Crippen LogP contribution in [0.4, 0.5) is 0 Å². The molecule has 1 fully saturated rings. The summed E-state index contributed by atoms with van der Waals surface area (Å²) in [5.41, 5.74) is -1.15. The van der Waals surface area contributed by atoms with Crippen molar-refractivity contribution in [2.75, 3.05) is 0 Å². The zero-order valence-electron chi connectivity index (χ0n) is 13.4. The number of likely N-dealkylation sites (tertiary alicyclic amines) is 1. The third-order valence-corrected chi connectivity index (χ3v) is 3.96. The van der Waals surface area contributed by atoms with E-state index in [4.69, 9.17) is 0 Å². The lowest BCUT2D eigenvalue weighted by molar-refractivity contribution is -0.147. The van der Waals surface area contributed by atoms with Gasteiger partial charge in [0, 0.05) is 23.3 Å². The summed E-state index contributed by atoms with van der Waals surface area (Å²) in [6, 6.07) is 0. The molecule has 1 saturated heterocycles. The molecule has 1 aliphatic rings. The van der Waals surface area contributed by atoms with Gasteiger partial charge in [0.25, 0.3) is 0 Å². The van der Waals surface area contributed by atoms with E-state index in [1.165, 1.54) is 4.90 Å². The zero-order chi connectivity index (χ0) is 15.6. The summed E-state index contributed by atoms with van der Waals surface area (Å²) in [7, 11) is 0. The monoisotopic (exact) mass is 281 g/mol. The number of nitrogens with zero attached hydrogens (tertiary/aromatic N) is 1. The van der Waals surface area contributed by atoms with Gasteiger partial charge >= 0.3 is 0 Å². The number of carbonyl (C=O) groups excluding carboxylic acids is 3. The van der Waals surface area contributed by atoms with Gasteiger partial charge in [0.05, 0.1) is 0 Å². The molecular weight excluding hydrogens is 254 g/mol. The number of imide groups is 1. The van der Waals surface area contributed by atoms with Crippen molar-refractivity contribution in [3.05, 3.63) is 0 Å². The predicted octanol–water partition coefficient (Wildman–Crippen LogP) is 2.95. The van der Waals surface area contributed by atoms with Gasteiger partial charge in [-0.15, -0.1) is 0 Å². The number of hydrogen-bond acceptors (Lipinski definition) is 3. The van der Waals surface area contributed by atoms with E-state index in [0.717, 1.165) is 25.5 Å². The predicted molar refractivity (Wildman–Crippen MR) is 78.0 cm³/mol. The summed E-state index contributed by atoms with van der Waals surface area (Å²) >= 11 is 0. The summed E-state index contributed by atoms with van der Waals surface area (Å²) in [5.74, 6) is -0.320. The normalized spacial score (nSPS) is 20.6. The van der Waals surface area contributed by atoms with Crippen LogP contribution < -0.4 is 0 Å². The Morgan fingerprint density at radius 2 is 1.85 bits per heavy atom. The maximum absolute atomic E-state index is 12.5. The lowest BCUT2D eigenvalue weighted by Crippen LogP contribution is -2.50. The van der Waals surface area contributed by atoms with Crippen LogP contribution in [0.15, 0.2) is 0 Å². The summed E-state index contributed by atoms with van der Waals surface area (Å²) in [5, 5.41) is 0. The molecule has 20 heavy (non-hydrogen) atoms. The zero-order valence-corrected chi connectivity index (χ0v) is 13.4. The molecule has 0 aromatic heterocycles. The van der Waals surface area contributed by atoms with E-state index in [1.54, 1.807) is 0 Å². The lowest BCUT2D eigenvalue weighted by Gasteiger charge is -2.38. The van der Waals surface area contributed by atoms with E-state index < -0.39 is 11.0 Å². The molecule has 0 aliphatic carbocycles. The van der Waals surface area contributed by atoms with E-state index in [-0.39, 0.29) is 17.7 Å². The lowest BCUT2D eigenvalue weighted by atomic mass is 9.80. The molecule has 1 heterocycles. The molecule has 0 saturated carbocycles. The fourth-order valence-corrected chi connectivity index (χ4v) is 3.24. The van der Waals surface area contributed by atoms with Crippen molar-refractivity contribution >= 4 is 18.1 Å². The number of rotatable bonds is 7. The van der Waals surface area contributed by atoms with Crippen LogP contribution in [-0.4, -0.2) is 28.5 Å². The third-order valence-electron chi connectivity index (χ3n) is 3.96. The first kappa shape index (κ1) is 16.9. The smallest absolute Gasteiger partial charge is 0.233 e. The van der Waals surface area contributed by atoms with Crippen molar-refractivity contribution in [2.45, 2.75) is 72.3 Å². The molecule has 4 heteroatoms. The van der Waals surface area contributed by atoms with Gasteiger partial charge in [0.2, 0.25) is 11.8 Å². The fourth-order valence-electron chi connectivity index (χ4n) is 3.24. The third kappa shape index (κ3) is 3.68. The summed E-state index contributed by atoms with van der Waals surface area (Å²) in [6.45, 7) is 9.49. The molecule has 1 rings (SSSR count). The van der Waals surface area contributed by atoms with Gasteiger partial charge in [-0.05, 0) is 26.7 Å². The Balaban J connectivity index is 2.86. The van der Waals surface area contributed by atoms with E-state index in [2.05, 4.69) is 6.92 Å². The first-order chi connectivity index (χ1) is 9.14. The standard InChI is InChI=1S/C16H27NO3/c1-6-7-8-12-9-13(19)17(14(12)20)16(4,5)10-15(2,3)11-18/h11-12H,6-10H2,1-5H3. The molecule has 1 aliphatic heterocycles. The van der Waals surface area contributed by atoms with Crippen molar-refractivity contribution in [1.82, 2.24) is 4.90 Å². The molecule has 0 spiro atoms. The Hall–Kier alpha value is -1.19. The average molecular weight is 281 g/mol. The second kappa shape index (κ2) is 6.06. The first-order valence-electron chi connectivity index (χ1n) is 7.48. The maximum Gasteiger partial charge on any atom is 0.233 e. The van der Waals surface area contributed by atoms with Crippen LogP contribution in [0.5, 0.6) is 0 Å². The van der Waals surface area contributed by atoms with Gasteiger partial charge in [0.15, 0.2) is 0 Å². The van der Waals surface area contributed by atoms with Gasteiger partial charge in [-0.25, -0.2) is 0 Å². The average Bonchev–Trinajstić information content (AvgIpc) is 2.61. The van der Waals surface area contributed by atoms with Crippen molar-refractivity contribution in [3.63, 3.8) is 0 Å². The molecule has 1 atom stereocenters. The Labute approximate surface area is 121 Å². The largest absolute Gasteiger partial charge is 0.303 e. The van der Waals surface area contributed by atoms with E-state index >= 15 is 0 Å². The van der Waals surface area contributed by atoms with E-state index in [1.807, 2.05) is 27.7 Å². The van der Waals surface area contributed by atoms with Crippen LogP contribution in [0, 0.1) is 11.3 Å². The molecule has 2 amide bonds. The van der Waals surface area contributed by atoms with Crippen LogP contribution in [0.3, 0.4) is 0 Å². The van der Waals surface area contributed by atoms with E-state index in [0.29, 0.717) is 12.8 Å². The van der Waals surface area contributed by atoms with Gasteiger partial charge in [0.1, 0.15) is 6.29 Å². The molecule has 0 aromatic carbocycles. The number of hydrogen-bond donors (Lipinski definition) is 0. The Kier molecular flexibility index (Phi) is 5.11. The molecule has 4 nitrogen and oxygen atoms in total. The molecule has 0 radical (unpaired) electrons. The highest BCUT2D eigenvalue weighted by Gasteiger charge is 2.47. The van der Waals surface area contributed by atoms with Crippen LogP contribution in [0.25, 0.3) is 0 Å². The molecule has 114 valence electrons. The van der Waals surface area contributed by atoms with Crippen LogP contribution >= 0.6 is 0 Å². The second-order valence-electron chi connectivity index (χ2n) is 7.21. The van der Waals surface area contributed by atoms with Crippen molar-refractivity contribution < 1.29 is 14.4 Å². The number of amides is 2. The van der Waals surface area contributed by atoms with Crippen molar-refractivity contribution in [3.8, 4) is 0 Å². The minimum absolute atomic E-state index is 0.0600. The number of aldehydes is 1. The highest BCUT2D eigenvalue weighted by molar-refractivity contribution is 6.04. The quantitative estimate of drug-likeness (QED) is 0.532. The van der Waals surface area contributed by atoms with Crippen molar-refractivity contribution in [2.24, 2.45) is 11.3 Å².